The molecule has 0 radical (unpaired) electrons. The predicted molar refractivity (Wildman–Crippen MR) is 97.7 cm³/mol. The number of nitrogens with zero attached hydrogens (tertiary/aromatic N) is 2. The van der Waals surface area contributed by atoms with Gasteiger partial charge in [-0.15, -0.1) is 17.9 Å². The van der Waals surface area contributed by atoms with Crippen molar-refractivity contribution in [1.29, 1.82) is 0 Å². The average molecular weight is 334 g/mol. The maximum atomic E-state index is 6.23. The van der Waals surface area contributed by atoms with Gasteiger partial charge in [-0.25, -0.2) is 9.97 Å². The monoisotopic (exact) mass is 333 g/mol. The van der Waals surface area contributed by atoms with Gasteiger partial charge < -0.3 is 5.73 Å². The molecule has 0 saturated carbocycles. The molecule has 0 bridgehead atoms. The SMILES string of the molecule is C=CCSc1nc(N)c2c3c(sc2n1)C[C@H](C(C)(C)C)CC3. The third kappa shape index (κ3) is 2.88. The van der Waals surface area contributed by atoms with Gasteiger partial charge in [0.25, 0.3) is 0 Å². The Morgan fingerprint density at radius 2 is 2.18 bits per heavy atom. The van der Waals surface area contributed by atoms with E-state index < -0.39 is 0 Å². The third-order valence-electron chi connectivity index (χ3n) is 4.47. The molecule has 1 atom stereocenters. The van der Waals surface area contributed by atoms with Gasteiger partial charge in [-0.2, -0.15) is 0 Å². The minimum atomic E-state index is 0.357. The molecule has 0 unspecified atom stereocenters. The van der Waals surface area contributed by atoms with Gasteiger partial charge in [0.2, 0.25) is 0 Å². The van der Waals surface area contributed by atoms with Crippen LogP contribution < -0.4 is 5.73 Å². The summed E-state index contributed by atoms with van der Waals surface area (Å²) < 4.78 is 0. The Bertz CT molecular complexity index is 713. The molecule has 0 spiro atoms. The zero-order valence-corrected chi connectivity index (χ0v) is 15.1. The van der Waals surface area contributed by atoms with E-state index in [-0.39, 0.29) is 0 Å². The molecule has 22 heavy (non-hydrogen) atoms. The second-order valence-electron chi connectivity index (χ2n) is 6.98. The topological polar surface area (TPSA) is 51.8 Å². The summed E-state index contributed by atoms with van der Waals surface area (Å²) in [5, 5.41) is 1.87. The Morgan fingerprint density at radius 1 is 1.41 bits per heavy atom. The fraction of sp³-hybridized carbons (Fsp3) is 0.529. The second kappa shape index (κ2) is 5.85. The van der Waals surface area contributed by atoms with Crippen molar-refractivity contribution in [3.63, 3.8) is 0 Å². The number of anilines is 1. The lowest BCUT2D eigenvalue weighted by atomic mass is 9.72. The molecule has 2 aromatic rings. The van der Waals surface area contributed by atoms with Crippen molar-refractivity contribution in [2.24, 2.45) is 11.3 Å². The van der Waals surface area contributed by atoms with Crippen molar-refractivity contribution in [1.82, 2.24) is 9.97 Å². The first-order valence-corrected chi connectivity index (χ1v) is 9.52. The van der Waals surface area contributed by atoms with Crippen LogP contribution in [0.4, 0.5) is 5.82 Å². The molecule has 0 aromatic carbocycles. The van der Waals surface area contributed by atoms with Crippen LogP contribution >= 0.6 is 23.1 Å². The maximum Gasteiger partial charge on any atom is 0.191 e. The molecule has 1 aliphatic carbocycles. The van der Waals surface area contributed by atoms with E-state index in [0.717, 1.165) is 39.9 Å². The van der Waals surface area contributed by atoms with E-state index in [0.29, 0.717) is 11.2 Å². The number of nitrogens with two attached hydrogens (primary N) is 1. The summed E-state index contributed by atoms with van der Waals surface area (Å²) in [6.45, 7) is 10.8. The van der Waals surface area contributed by atoms with E-state index >= 15 is 0 Å². The van der Waals surface area contributed by atoms with Crippen molar-refractivity contribution in [3.8, 4) is 0 Å². The number of thiophene rings is 1. The molecule has 1 aliphatic rings. The van der Waals surface area contributed by atoms with Crippen LogP contribution in [0, 0.1) is 11.3 Å². The highest BCUT2D eigenvalue weighted by molar-refractivity contribution is 7.99. The van der Waals surface area contributed by atoms with E-state index in [1.165, 1.54) is 16.9 Å². The number of hydrogen-bond acceptors (Lipinski definition) is 5. The van der Waals surface area contributed by atoms with Gasteiger partial charge in [-0.3, -0.25) is 0 Å². The fourth-order valence-corrected chi connectivity index (χ4v) is 5.07. The molecule has 5 heteroatoms. The Labute approximate surface area is 140 Å². The van der Waals surface area contributed by atoms with Crippen LogP contribution in [0.5, 0.6) is 0 Å². The van der Waals surface area contributed by atoms with Crippen molar-refractivity contribution in [3.05, 3.63) is 23.1 Å². The Kier molecular flexibility index (Phi) is 4.21. The first-order chi connectivity index (χ1) is 10.4. The van der Waals surface area contributed by atoms with Crippen LogP contribution in [0.15, 0.2) is 17.8 Å². The number of fused-ring (bicyclic) bond motifs is 3. The van der Waals surface area contributed by atoms with E-state index in [4.69, 9.17) is 10.7 Å². The summed E-state index contributed by atoms with van der Waals surface area (Å²) >= 11 is 3.40. The molecule has 0 aliphatic heterocycles. The molecule has 0 amide bonds. The summed E-state index contributed by atoms with van der Waals surface area (Å²) in [6, 6.07) is 0. The third-order valence-corrected chi connectivity index (χ3v) is 6.46. The van der Waals surface area contributed by atoms with Crippen LogP contribution in [-0.2, 0) is 12.8 Å². The highest BCUT2D eigenvalue weighted by Gasteiger charge is 2.31. The summed E-state index contributed by atoms with van der Waals surface area (Å²) in [7, 11) is 0. The normalized spacial score (nSPS) is 18.4. The first-order valence-electron chi connectivity index (χ1n) is 7.71. The van der Waals surface area contributed by atoms with E-state index in [1.807, 2.05) is 17.4 Å². The van der Waals surface area contributed by atoms with Crippen molar-refractivity contribution in [2.45, 2.75) is 45.2 Å². The molecule has 3 rings (SSSR count). The number of aryl methyl sites for hydroxylation is 1. The van der Waals surface area contributed by atoms with E-state index in [2.05, 4.69) is 32.3 Å². The van der Waals surface area contributed by atoms with Gasteiger partial charge in [0.15, 0.2) is 5.16 Å². The largest absolute Gasteiger partial charge is 0.383 e. The minimum absolute atomic E-state index is 0.357. The lowest BCUT2D eigenvalue weighted by Crippen LogP contribution is -2.26. The fourth-order valence-electron chi connectivity index (χ4n) is 3.12. The molecule has 0 saturated heterocycles. The van der Waals surface area contributed by atoms with Crippen LogP contribution in [0.1, 0.15) is 37.6 Å². The van der Waals surface area contributed by atoms with Crippen molar-refractivity contribution >= 4 is 39.1 Å². The molecular weight excluding hydrogens is 310 g/mol. The standard InChI is InChI=1S/C17H23N3S2/c1-5-8-21-16-19-14(18)13-11-7-6-10(17(2,3)4)9-12(11)22-15(13)20-16/h5,10H,1,6-9H2,2-4H3,(H2,18,19,20)/t10-/m1/s1. The quantitative estimate of drug-likeness (QED) is 0.502. The van der Waals surface area contributed by atoms with Gasteiger partial charge in [0.1, 0.15) is 10.6 Å². The van der Waals surface area contributed by atoms with Crippen LogP contribution in [0.3, 0.4) is 0 Å². The van der Waals surface area contributed by atoms with Gasteiger partial charge in [0, 0.05) is 10.6 Å². The van der Waals surface area contributed by atoms with Crippen LogP contribution in [-0.4, -0.2) is 15.7 Å². The molecule has 2 heterocycles. The summed E-state index contributed by atoms with van der Waals surface area (Å²) in [5.74, 6) is 2.18. The van der Waals surface area contributed by atoms with Gasteiger partial charge in [0.05, 0.1) is 5.39 Å². The number of thioether (sulfide) groups is 1. The van der Waals surface area contributed by atoms with E-state index in [1.54, 1.807) is 11.8 Å². The first kappa shape index (κ1) is 15.8. The molecule has 2 N–H and O–H groups in total. The van der Waals surface area contributed by atoms with Gasteiger partial charge in [-0.1, -0.05) is 38.6 Å². The van der Waals surface area contributed by atoms with Crippen LogP contribution in [0.25, 0.3) is 10.2 Å². The minimum Gasteiger partial charge on any atom is -0.383 e. The Hall–Kier alpha value is -1.07. The molecule has 118 valence electrons. The van der Waals surface area contributed by atoms with Gasteiger partial charge in [-0.05, 0) is 36.2 Å². The molecular formula is C17H23N3S2. The van der Waals surface area contributed by atoms with Crippen molar-refractivity contribution in [2.75, 3.05) is 11.5 Å². The zero-order valence-electron chi connectivity index (χ0n) is 13.5. The predicted octanol–water partition coefficient (Wildman–Crippen LogP) is 4.70. The summed E-state index contributed by atoms with van der Waals surface area (Å²) in [6.07, 6.45) is 5.34. The zero-order chi connectivity index (χ0) is 15.9. The Morgan fingerprint density at radius 3 is 2.86 bits per heavy atom. The number of nitrogen functional groups attached to an aromatic ring is 1. The lowest BCUT2D eigenvalue weighted by molar-refractivity contribution is 0.218. The highest BCUT2D eigenvalue weighted by atomic mass is 32.2. The van der Waals surface area contributed by atoms with Crippen molar-refractivity contribution < 1.29 is 0 Å². The molecule has 0 fully saturated rings. The maximum absolute atomic E-state index is 6.23. The smallest absolute Gasteiger partial charge is 0.191 e. The molecule has 2 aromatic heterocycles. The van der Waals surface area contributed by atoms with Crippen LogP contribution in [0.2, 0.25) is 0 Å². The van der Waals surface area contributed by atoms with E-state index in [9.17, 15) is 0 Å². The average Bonchev–Trinajstić information content (AvgIpc) is 2.81. The highest BCUT2D eigenvalue weighted by Crippen LogP contribution is 2.44. The second-order valence-corrected chi connectivity index (χ2v) is 9.05. The lowest BCUT2D eigenvalue weighted by Gasteiger charge is -2.33. The summed E-state index contributed by atoms with van der Waals surface area (Å²) in [4.78, 5) is 11.7. The van der Waals surface area contributed by atoms with Gasteiger partial charge >= 0.3 is 0 Å². The number of hydrogen-bond donors (Lipinski definition) is 1. The summed E-state index contributed by atoms with van der Waals surface area (Å²) in [5.41, 5.74) is 7.99. The number of rotatable bonds is 3. The Balaban J connectivity index is 2.00. The molecule has 3 nitrogen and oxygen atoms in total. The number of aromatic nitrogens is 2.